The Kier molecular flexibility index (Phi) is 3.97. The predicted octanol–water partition coefficient (Wildman–Crippen LogP) is 0.553. The van der Waals surface area contributed by atoms with Crippen LogP contribution in [-0.2, 0) is 14.8 Å². The lowest BCUT2D eigenvalue weighted by atomic mass is 10.2. The van der Waals surface area contributed by atoms with E-state index in [1.54, 1.807) is 18.2 Å². The minimum absolute atomic E-state index is 0.126. The Balaban J connectivity index is 1.65. The molecule has 7 heteroatoms. The van der Waals surface area contributed by atoms with E-state index >= 15 is 0 Å². The third kappa shape index (κ3) is 2.68. The van der Waals surface area contributed by atoms with E-state index in [4.69, 9.17) is 4.74 Å². The fourth-order valence-corrected chi connectivity index (χ4v) is 4.32. The van der Waals surface area contributed by atoms with Gasteiger partial charge in [0.05, 0.1) is 18.8 Å². The molecule has 1 saturated heterocycles. The number of amides is 1. The summed E-state index contributed by atoms with van der Waals surface area (Å²) < 4.78 is 31.0. The van der Waals surface area contributed by atoms with Gasteiger partial charge in [0, 0.05) is 26.2 Å². The summed E-state index contributed by atoms with van der Waals surface area (Å²) in [5.41, 5.74) is 0.281. The molecule has 2 aliphatic heterocycles. The Bertz CT molecular complexity index is 638. The van der Waals surface area contributed by atoms with Gasteiger partial charge in [0.25, 0.3) is 15.9 Å². The lowest BCUT2D eigenvalue weighted by molar-refractivity contribution is 0.0367. The largest absolute Gasteiger partial charge is 0.379 e. The molecule has 0 aliphatic carbocycles. The van der Waals surface area contributed by atoms with Crippen LogP contribution < -0.4 is 0 Å². The quantitative estimate of drug-likeness (QED) is 0.812. The summed E-state index contributed by atoms with van der Waals surface area (Å²) in [5.74, 6) is -0.410. The predicted molar refractivity (Wildman–Crippen MR) is 76.5 cm³/mol. The molecule has 0 N–H and O–H groups in total. The molecule has 1 aromatic rings. The molecule has 0 saturated carbocycles. The first-order chi connectivity index (χ1) is 10.1. The fourth-order valence-electron chi connectivity index (χ4n) is 2.71. The van der Waals surface area contributed by atoms with Gasteiger partial charge in [0.1, 0.15) is 4.90 Å². The fraction of sp³-hybridized carbons (Fsp3) is 0.500. The van der Waals surface area contributed by atoms with Crippen LogP contribution in [-0.4, -0.2) is 62.9 Å². The summed E-state index contributed by atoms with van der Waals surface area (Å²) in [5, 5.41) is 0. The van der Waals surface area contributed by atoms with Crippen LogP contribution in [0.2, 0.25) is 0 Å². The van der Waals surface area contributed by atoms with Crippen molar-refractivity contribution in [3.63, 3.8) is 0 Å². The second-order valence-electron chi connectivity index (χ2n) is 5.19. The number of fused-ring (bicyclic) bond motifs is 1. The number of rotatable bonds is 4. The van der Waals surface area contributed by atoms with E-state index in [2.05, 4.69) is 4.90 Å². The highest BCUT2D eigenvalue weighted by molar-refractivity contribution is 7.90. The maximum atomic E-state index is 12.3. The smallest absolute Gasteiger partial charge is 0.269 e. The average Bonchev–Trinajstić information content (AvgIpc) is 2.70. The molecular formula is C14H18N2O4S. The Hall–Kier alpha value is -1.44. The molecule has 3 rings (SSSR count). The number of ether oxygens (including phenoxy) is 1. The van der Waals surface area contributed by atoms with Crippen molar-refractivity contribution in [1.29, 1.82) is 0 Å². The van der Waals surface area contributed by atoms with Gasteiger partial charge < -0.3 is 4.74 Å². The SMILES string of the molecule is O=C1c2ccccc2S(=O)(=O)N1CCCN1CCOCC1. The van der Waals surface area contributed by atoms with Crippen molar-refractivity contribution in [3.8, 4) is 0 Å². The molecule has 1 amide bonds. The lowest BCUT2D eigenvalue weighted by Gasteiger charge is -2.27. The summed E-state index contributed by atoms with van der Waals surface area (Å²) >= 11 is 0. The van der Waals surface area contributed by atoms with E-state index in [1.807, 2.05) is 0 Å². The van der Waals surface area contributed by atoms with Gasteiger partial charge in [-0.15, -0.1) is 0 Å². The van der Waals surface area contributed by atoms with E-state index in [9.17, 15) is 13.2 Å². The van der Waals surface area contributed by atoms with Gasteiger partial charge in [-0.3, -0.25) is 9.69 Å². The minimum atomic E-state index is -3.66. The molecule has 1 aromatic carbocycles. The van der Waals surface area contributed by atoms with Crippen molar-refractivity contribution in [2.45, 2.75) is 11.3 Å². The topological polar surface area (TPSA) is 66.9 Å². The van der Waals surface area contributed by atoms with Crippen LogP contribution in [0.4, 0.5) is 0 Å². The number of morpholine rings is 1. The van der Waals surface area contributed by atoms with Crippen LogP contribution in [0.15, 0.2) is 29.2 Å². The molecule has 0 radical (unpaired) electrons. The van der Waals surface area contributed by atoms with Crippen molar-refractivity contribution < 1.29 is 17.9 Å². The second kappa shape index (κ2) is 5.75. The van der Waals surface area contributed by atoms with Gasteiger partial charge in [0.2, 0.25) is 0 Å². The summed E-state index contributed by atoms with van der Waals surface area (Å²) in [4.78, 5) is 14.6. The number of carbonyl (C=O) groups is 1. The van der Waals surface area contributed by atoms with Crippen molar-refractivity contribution in [1.82, 2.24) is 9.21 Å². The van der Waals surface area contributed by atoms with Gasteiger partial charge in [0.15, 0.2) is 0 Å². The Labute approximate surface area is 124 Å². The first kappa shape index (κ1) is 14.5. The number of nitrogens with zero attached hydrogens (tertiary/aromatic N) is 2. The summed E-state index contributed by atoms with van der Waals surface area (Å²) in [6.07, 6.45) is 0.638. The second-order valence-corrected chi connectivity index (χ2v) is 7.02. The standard InChI is InChI=1S/C14H18N2O4S/c17-14-12-4-1-2-5-13(12)21(18,19)16(14)7-3-6-15-8-10-20-11-9-15/h1-2,4-5H,3,6-11H2. The van der Waals surface area contributed by atoms with E-state index < -0.39 is 15.9 Å². The number of benzene rings is 1. The molecule has 6 nitrogen and oxygen atoms in total. The monoisotopic (exact) mass is 310 g/mol. The molecular weight excluding hydrogens is 292 g/mol. The molecule has 0 aromatic heterocycles. The van der Waals surface area contributed by atoms with Crippen molar-refractivity contribution in [2.75, 3.05) is 39.4 Å². The van der Waals surface area contributed by atoms with Gasteiger partial charge in [-0.05, 0) is 18.6 Å². The molecule has 0 bridgehead atoms. The highest BCUT2D eigenvalue weighted by Gasteiger charge is 2.40. The normalized spacial score (nSPS) is 21.5. The molecule has 0 spiro atoms. The molecule has 0 unspecified atom stereocenters. The number of sulfonamides is 1. The molecule has 21 heavy (non-hydrogen) atoms. The van der Waals surface area contributed by atoms with Crippen LogP contribution in [0.1, 0.15) is 16.8 Å². The third-order valence-corrected chi connectivity index (χ3v) is 5.69. The average molecular weight is 310 g/mol. The van der Waals surface area contributed by atoms with Crippen LogP contribution in [0, 0.1) is 0 Å². The molecule has 0 atom stereocenters. The zero-order valence-electron chi connectivity index (χ0n) is 11.7. The summed E-state index contributed by atoms with van der Waals surface area (Å²) in [6.45, 7) is 4.16. The Morgan fingerprint density at radius 2 is 1.81 bits per heavy atom. The molecule has 114 valence electrons. The number of carbonyl (C=O) groups excluding carboxylic acids is 1. The molecule has 2 heterocycles. The highest BCUT2D eigenvalue weighted by Crippen LogP contribution is 2.29. The number of hydrogen-bond acceptors (Lipinski definition) is 5. The van der Waals surface area contributed by atoms with Gasteiger partial charge in [-0.1, -0.05) is 12.1 Å². The molecule has 2 aliphatic rings. The van der Waals surface area contributed by atoms with Crippen molar-refractivity contribution in [2.24, 2.45) is 0 Å². The molecule has 1 fully saturated rings. The first-order valence-corrected chi connectivity index (χ1v) is 8.51. The summed E-state index contributed by atoms with van der Waals surface area (Å²) in [6, 6.07) is 6.38. The van der Waals surface area contributed by atoms with Crippen LogP contribution in [0.3, 0.4) is 0 Å². The minimum Gasteiger partial charge on any atom is -0.379 e. The zero-order valence-corrected chi connectivity index (χ0v) is 12.5. The van der Waals surface area contributed by atoms with Gasteiger partial charge in [-0.2, -0.15) is 0 Å². The summed E-state index contributed by atoms with van der Waals surface area (Å²) in [7, 11) is -3.66. The highest BCUT2D eigenvalue weighted by atomic mass is 32.2. The van der Waals surface area contributed by atoms with Gasteiger partial charge >= 0.3 is 0 Å². The van der Waals surface area contributed by atoms with E-state index in [1.165, 1.54) is 6.07 Å². The van der Waals surface area contributed by atoms with Crippen molar-refractivity contribution in [3.05, 3.63) is 29.8 Å². The van der Waals surface area contributed by atoms with Gasteiger partial charge in [-0.25, -0.2) is 12.7 Å². The number of hydrogen-bond donors (Lipinski definition) is 0. The van der Waals surface area contributed by atoms with Crippen LogP contribution >= 0.6 is 0 Å². The Morgan fingerprint density at radius 1 is 1.10 bits per heavy atom. The van der Waals surface area contributed by atoms with E-state index in [0.29, 0.717) is 19.6 Å². The lowest BCUT2D eigenvalue weighted by Crippen LogP contribution is -2.39. The van der Waals surface area contributed by atoms with Crippen LogP contribution in [0.25, 0.3) is 0 Å². The van der Waals surface area contributed by atoms with E-state index in [0.717, 1.165) is 23.9 Å². The maximum Gasteiger partial charge on any atom is 0.269 e. The first-order valence-electron chi connectivity index (χ1n) is 7.07. The van der Waals surface area contributed by atoms with E-state index in [-0.39, 0.29) is 17.0 Å². The maximum absolute atomic E-state index is 12.3. The van der Waals surface area contributed by atoms with Crippen molar-refractivity contribution >= 4 is 15.9 Å². The zero-order chi connectivity index (χ0) is 14.9. The third-order valence-electron chi connectivity index (χ3n) is 3.85. The Morgan fingerprint density at radius 3 is 2.52 bits per heavy atom. The van der Waals surface area contributed by atoms with Crippen LogP contribution in [0.5, 0.6) is 0 Å².